The van der Waals surface area contributed by atoms with Gasteiger partial charge in [0.2, 0.25) is 0 Å². The van der Waals surface area contributed by atoms with Gasteiger partial charge in [0.25, 0.3) is 0 Å². The zero-order chi connectivity index (χ0) is 15.6. The topological polar surface area (TPSA) is 47.7 Å². The predicted molar refractivity (Wildman–Crippen MR) is 88.3 cm³/mol. The smallest absolute Gasteiger partial charge is 0.0843 e. The number of hydrogen-bond donors (Lipinski definition) is 1. The molecule has 116 valence electrons. The number of nitrogens with zero attached hydrogens (tertiary/aromatic N) is 4. The molecule has 6 heteroatoms. The fourth-order valence-corrected chi connectivity index (χ4v) is 2.58. The molecule has 0 fully saturated rings. The summed E-state index contributed by atoms with van der Waals surface area (Å²) in [5.74, 6) is 0. The number of hydrogen-bond acceptors (Lipinski definition) is 3. The van der Waals surface area contributed by atoms with Crippen molar-refractivity contribution in [3.8, 4) is 0 Å². The predicted octanol–water partition coefficient (Wildman–Crippen LogP) is 3.11. The summed E-state index contributed by atoms with van der Waals surface area (Å²) in [6.45, 7) is 13.0. The lowest BCUT2D eigenvalue weighted by atomic mass is 10.1. The molecular weight excluding hydrogens is 330 g/mol. The molecule has 0 atom stereocenters. The third kappa shape index (κ3) is 3.95. The summed E-state index contributed by atoms with van der Waals surface area (Å²) in [6, 6.07) is 2.06. The molecule has 2 aromatic rings. The van der Waals surface area contributed by atoms with Crippen molar-refractivity contribution in [2.45, 2.75) is 59.8 Å². The lowest BCUT2D eigenvalue weighted by Gasteiger charge is -2.21. The molecule has 2 rings (SSSR count). The zero-order valence-electron chi connectivity index (χ0n) is 13.4. The Morgan fingerprint density at radius 2 is 2.00 bits per heavy atom. The molecule has 2 heterocycles. The Labute approximate surface area is 134 Å². The second-order valence-electron chi connectivity index (χ2n) is 6.25. The summed E-state index contributed by atoms with van der Waals surface area (Å²) in [5, 5.41) is 12.5. The normalized spacial score (nSPS) is 12.1. The SMILES string of the molecule is CCn1nc(C)c(Br)c1Cn1nccc1CNC(C)(C)C. The van der Waals surface area contributed by atoms with Crippen LogP contribution >= 0.6 is 15.9 Å². The van der Waals surface area contributed by atoms with Crippen LogP contribution in [0.1, 0.15) is 44.8 Å². The Bertz CT molecular complexity index is 606. The first-order valence-electron chi connectivity index (χ1n) is 7.29. The number of nitrogens with one attached hydrogen (secondary N) is 1. The van der Waals surface area contributed by atoms with Crippen molar-refractivity contribution in [3.63, 3.8) is 0 Å². The fraction of sp³-hybridized carbons (Fsp3) is 0.600. The van der Waals surface area contributed by atoms with Gasteiger partial charge in [-0.2, -0.15) is 10.2 Å². The van der Waals surface area contributed by atoms with Crippen LogP contribution in [0.4, 0.5) is 0 Å². The summed E-state index contributed by atoms with van der Waals surface area (Å²) in [7, 11) is 0. The molecule has 21 heavy (non-hydrogen) atoms. The Balaban J connectivity index is 2.19. The van der Waals surface area contributed by atoms with E-state index in [9.17, 15) is 0 Å². The lowest BCUT2D eigenvalue weighted by Crippen LogP contribution is -2.35. The highest BCUT2D eigenvalue weighted by atomic mass is 79.9. The van der Waals surface area contributed by atoms with E-state index in [0.29, 0.717) is 0 Å². The van der Waals surface area contributed by atoms with E-state index in [1.54, 1.807) is 0 Å². The zero-order valence-corrected chi connectivity index (χ0v) is 15.0. The largest absolute Gasteiger partial charge is 0.306 e. The molecular formula is C15H24BrN5. The maximum atomic E-state index is 4.54. The van der Waals surface area contributed by atoms with Crippen molar-refractivity contribution in [1.29, 1.82) is 0 Å². The van der Waals surface area contributed by atoms with Crippen LogP contribution in [0.3, 0.4) is 0 Å². The quantitative estimate of drug-likeness (QED) is 0.898. The summed E-state index contributed by atoms with van der Waals surface area (Å²) in [4.78, 5) is 0. The Morgan fingerprint density at radius 1 is 1.29 bits per heavy atom. The number of aryl methyl sites for hydroxylation is 2. The first kappa shape index (κ1) is 16.2. The van der Waals surface area contributed by atoms with Crippen molar-refractivity contribution in [2.75, 3.05) is 0 Å². The summed E-state index contributed by atoms with van der Waals surface area (Å²) in [6.07, 6.45) is 1.85. The lowest BCUT2D eigenvalue weighted by molar-refractivity contribution is 0.412. The van der Waals surface area contributed by atoms with Gasteiger partial charge in [0.15, 0.2) is 0 Å². The highest BCUT2D eigenvalue weighted by Gasteiger charge is 2.15. The van der Waals surface area contributed by atoms with Gasteiger partial charge in [0.1, 0.15) is 0 Å². The molecule has 0 spiro atoms. The Kier molecular flexibility index (Phi) is 4.88. The van der Waals surface area contributed by atoms with Crippen molar-refractivity contribution in [1.82, 2.24) is 24.9 Å². The van der Waals surface area contributed by atoms with Gasteiger partial charge in [0, 0.05) is 24.8 Å². The third-order valence-electron chi connectivity index (χ3n) is 3.36. The van der Waals surface area contributed by atoms with Crippen LogP contribution in [-0.2, 0) is 19.6 Å². The monoisotopic (exact) mass is 353 g/mol. The molecule has 2 aromatic heterocycles. The van der Waals surface area contributed by atoms with Gasteiger partial charge in [-0.25, -0.2) is 0 Å². The third-order valence-corrected chi connectivity index (χ3v) is 4.39. The molecule has 0 unspecified atom stereocenters. The highest BCUT2D eigenvalue weighted by Crippen LogP contribution is 2.22. The van der Waals surface area contributed by atoms with E-state index in [1.807, 2.05) is 22.5 Å². The van der Waals surface area contributed by atoms with Crippen LogP contribution < -0.4 is 5.32 Å². The van der Waals surface area contributed by atoms with Gasteiger partial charge in [0.05, 0.1) is 28.1 Å². The first-order chi connectivity index (χ1) is 9.81. The van der Waals surface area contributed by atoms with Crippen LogP contribution in [0, 0.1) is 6.92 Å². The number of halogens is 1. The maximum absolute atomic E-state index is 4.54. The molecule has 0 aromatic carbocycles. The van der Waals surface area contributed by atoms with E-state index in [-0.39, 0.29) is 5.54 Å². The minimum atomic E-state index is 0.0947. The van der Waals surface area contributed by atoms with Crippen LogP contribution in [0.2, 0.25) is 0 Å². The summed E-state index contributed by atoms with van der Waals surface area (Å²) >= 11 is 3.64. The minimum Gasteiger partial charge on any atom is -0.306 e. The van der Waals surface area contributed by atoms with Crippen molar-refractivity contribution in [2.24, 2.45) is 0 Å². The molecule has 0 saturated heterocycles. The maximum Gasteiger partial charge on any atom is 0.0843 e. The van der Waals surface area contributed by atoms with Crippen molar-refractivity contribution >= 4 is 15.9 Å². The van der Waals surface area contributed by atoms with Crippen LogP contribution in [0.5, 0.6) is 0 Å². The number of rotatable bonds is 5. The average molecular weight is 354 g/mol. The van der Waals surface area contributed by atoms with Gasteiger partial charge in [-0.3, -0.25) is 9.36 Å². The fourth-order valence-electron chi connectivity index (χ4n) is 2.17. The van der Waals surface area contributed by atoms with Gasteiger partial charge in [-0.1, -0.05) is 0 Å². The number of aromatic nitrogens is 4. The van der Waals surface area contributed by atoms with E-state index in [1.165, 1.54) is 5.69 Å². The van der Waals surface area contributed by atoms with Gasteiger partial charge in [-0.05, 0) is 56.6 Å². The Morgan fingerprint density at radius 3 is 2.62 bits per heavy atom. The van der Waals surface area contributed by atoms with Gasteiger partial charge >= 0.3 is 0 Å². The molecule has 0 radical (unpaired) electrons. The summed E-state index contributed by atoms with van der Waals surface area (Å²) < 4.78 is 5.14. The van der Waals surface area contributed by atoms with Gasteiger partial charge in [-0.15, -0.1) is 0 Å². The van der Waals surface area contributed by atoms with Crippen molar-refractivity contribution < 1.29 is 0 Å². The van der Waals surface area contributed by atoms with Crippen LogP contribution in [0.25, 0.3) is 0 Å². The second kappa shape index (κ2) is 6.32. The van der Waals surface area contributed by atoms with E-state index in [2.05, 4.69) is 65.2 Å². The van der Waals surface area contributed by atoms with E-state index in [4.69, 9.17) is 0 Å². The Hall–Kier alpha value is -1.14. The van der Waals surface area contributed by atoms with E-state index in [0.717, 1.165) is 35.5 Å². The highest BCUT2D eigenvalue weighted by molar-refractivity contribution is 9.10. The van der Waals surface area contributed by atoms with E-state index >= 15 is 0 Å². The van der Waals surface area contributed by atoms with Crippen molar-refractivity contribution in [3.05, 3.63) is 33.8 Å². The molecule has 0 bridgehead atoms. The molecule has 0 amide bonds. The molecule has 0 aliphatic carbocycles. The minimum absolute atomic E-state index is 0.0947. The molecule has 0 aliphatic heterocycles. The van der Waals surface area contributed by atoms with E-state index < -0.39 is 0 Å². The summed E-state index contributed by atoms with van der Waals surface area (Å²) in [5.41, 5.74) is 3.46. The molecule has 0 aliphatic rings. The molecule has 0 saturated carbocycles. The average Bonchev–Trinajstić information content (AvgIpc) is 2.95. The molecule has 5 nitrogen and oxygen atoms in total. The standard InChI is InChI=1S/C15H24BrN5/c1-6-20-13(14(16)11(2)19-20)10-21-12(7-8-18-21)9-17-15(3,4)5/h7-8,17H,6,9-10H2,1-5H3. The first-order valence-corrected chi connectivity index (χ1v) is 8.08. The second-order valence-corrected chi connectivity index (χ2v) is 7.04. The van der Waals surface area contributed by atoms with Gasteiger partial charge < -0.3 is 5.32 Å². The molecule has 1 N–H and O–H groups in total. The van der Waals surface area contributed by atoms with Crippen LogP contribution in [-0.4, -0.2) is 25.1 Å². The van der Waals surface area contributed by atoms with Crippen LogP contribution in [0.15, 0.2) is 16.7 Å².